The summed E-state index contributed by atoms with van der Waals surface area (Å²) in [7, 11) is -1.33. The fourth-order valence-corrected chi connectivity index (χ4v) is 3.44. The molecular formula is C15H19N3O4S. The minimum Gasteiger partial charge on any atom is -0.302 e. The summed E-state index contributed by atoms with van der Waals surface area (Å²) < 4.78 is 28.9. The van der Waals surface area contributed by atoms with Gasteiger partial charge in [0, 0.05) is 26.8 Å². The van der Waals surface area contributed by atoms with Crippen molar-refractivity contribution >= 4 is 10.0 Å². The largest absolute Gasteiger partial charge is 0.330 e. The van der Waals surface area contributed by atoms with E-state index in [1.54, 1.807) is 0 Å². The third-order valence-corrected chi connectivity index (χ3v) is 5.10. The second-order valence-corrected chi connectivity index (χ2v) is 7.06. The molecule has 0 bridgehead atoms. The Morgan fingerprint density at radius 2 is 1.78 bits per heavy atom. The first-order valence-corrected chi connectivity index (χ1v) is 8.53. The highest BCUT2D eigenvalue weighted by Gasteiger charge is 2.20. The molecule has 0 aliphatic heterocycles. The molecule has 0 radical (unpaired) electrons. The van der Waals surface area contributed by atoms with E-state index in [0.717, 1.165) is 26.5 Å². The molecule has 0 aliphatic carbocycles. The van der Waals surface area contributed by atoms with Crippen molar-refractivity contribution in [1.29, 1.82) is 0 Å². The first kappa shape index (κ1) is 17.2. The molecule has 0 saturated carbocycles. The van der Waals surface area contributed by atoms with Crippen LogP contribution in [0.1, 0.15) is 11.1 Å². The fraction of sp³-hybridized carbons (Fsp3) is 0.333. The Balaban J connectivity index is 2.22. The van der Waals surface area contributed by atoms with Gasteiger partial charge in [-0.25, -0.2) is 17.9 Å². The minimum atomic E-state index is -3.98. The van der Waals surface area contributed by atoms with Gasteiger partial charge >= 0.3 is 5.69 Å². The van der Waals surface area contributed by atoms with Gasteiger partial charge in [0.25, 0.3) is 5.56 Å². The number of rotatable bonds is 5. The van der Waals surface area contributed by atoms with Crippen molar-refractivity contribution in [3.8, 4) is 0 Å². The molecule has 0 unspecified atom stereocenters. The van der Waals surface area contributed by atoms with E-state index in [9.17, 15) is 18.0 Å². The number of nitrogens with one attached hydrogen (secondary N) is 1. The molecule has 7 nitrogen and oxygen atoms in total. The highest BCUT2D eigenvalue weighted by molar-refractivity contribution is 7.89. The van der Waals surface area contributed by atoms with E-state index in [1.807, 2.05) is 31.2 Å². The molecule has 0 amide bonds. The van der Waals surface area contributed by atoms with E-state index in [2.05, 4.69) is 4.72 Å². The van der Waals surface area contributed by atoms with Crippen molar-refractivity contribution in [3.05, 3.63) is 62.4 Å². The molecule has 8 heteroatoms. The van der Waals surface area contributed by atoms with E-state index in [4.69, 9.17) is 0 Å². The van der Waals surface area contributed by atoms with Gasteiger partial charge in [-0.1, -0.05) is 24.3 Å². The molecule has 2 aromatic rings. The van der Waals surface area contributed by atoms with Gasteiger partial charge in [0.1, 0.15) is 0 Å². The normalized spacial score (nSPS) is 11.6. The average molecular weight is 337 g/mol. The highest BCUT2D eigenvalue weighted by Crippen LogP contribution is 2.07. The molecule has 0 spiro atoms. The van der Waals surface area contributed by atoms with Crippen LogP contribution in [0.5, 0.6) is 0 Å². The topological polar surface area (TPSA) is 90.2 Å². The summed E-state index contributed by atoms with van der Waals surface area (Å²) in [5.74, 6) is 0. The molecule has 124 valence electrons. The maximum absolute atomic E-state index is 12.3. The van der Waals surface area contributed by atoms with Gasteiger partial charge in [-0.2, -0.15) is 0 Å². The third-order valence-electron chi connectivity index (χ3n) is 3.65. The summed E-state index contributed by atoms with van der Waals surface area (Å²) in [5.41, 5.74) is 0.693. The predicted octanol–water partition coefficient (Wildman–Crippen LogP) is -0.0866. The van der Waals surface area contributed by atoms with E-state index >= 15 is 0 Å². The number of aryl methyl sites for hydroxylation is 2. The fourth-order valence-electron chi connectivity index (χ4n) is 2.25. The zero-order valence-corrected chi connectivity index (χ0v) is 14.1. The quantitative estimate of drug-likeness (QED) is 0.826. The number of sulfonamides is 1. The number of hydrogen-bond acceptors (Lipinski definition) is 4. The lowest BCUT2D eigenvalue weighted by atomic mass is 10.1. The highest BCUT2D eigenvalue weighted by atomic mass is 32.2. The molecule has 0 atom stereocenters. The molecule has 2 rings (SSSR count). The number of nitrogens with zero attached hydrogens (tertiary/aromatic N) is 2. The van der Waals surface area contributed by atoms with Crippen molar-refractivity contribution in [2.45, 2.75) is 18.2 Å². The van der Waals surface area contributed by atoms with Gasteiger partial charge in [-0.3, -0.25) is 9.36 Å². The summed E-state index contributed by atoms with van der Waals surface area (Å²) in [5, 5.41) is 0. The summed E-state index contributed by atoms with van der Waals surface area (Å²) in [6, 6.07) is 7.68. The van der Waals surface area contributed by atoms with Crippen LogP contribution in [0.4, 0.5) is 0 Å². The Kier molecular flexibility index (Phi) is 4.86. The second-order valence-electron chi connectivity index (χ2n) is 5.33. The summed E-state index contributed by atoms with van der Waals surface area (Å²) in [6.45, 7) is 2.12. The Morgan fingerprint density at radius 3 is 2.43 bits per heavy atom. The summed E-state index contributed by atoms with van der Waals surface area (Å²) in [4.78, 5) is 23.2. The zero-order valence-electron chi connectivity index (χ0n) is 13.2. The molecular weight excluding hydrogens is 318 g/mol. The molecule has 1 N–H and O–H groups in total. The molecule has 0 aliphatic rings. The summed E-state index contributed by atoms with van der Waals surface area (Å²) >= 11 is 0. The standard InChI is InChI=1S/C15H19N3O4S/c1-11-6-4-5-7-12(11)8-9-16-23(21,22)13-10-17(2)15(20)18(3)14(13)19/h4-7,10,16H,8-9H2,1-3H3. The third kappa shape index (κ3) is 3.59. The zero-order chi connectivity index (χ0) is 17.2. The monoisotopic (exact) mass is 337 g/mol. The Morgan fingerprint density at radius 1 is 1.13 bits per heavy atom. The van der Waals surface area contributed by atoms with Gasteiger partial charge in [-0.05, 0) is 24.5 Å². The van der Waals surface area contributed by atoms with Crippen LogP contribution < -0.4 is 16.0 Å². The molecule has 1 aromatic heterocycles. The van der Waals surface area contributed by atoms with Crippen molar-refractivity contribution in [2.24, 2.45) is 14.1 Å². The lowest BCUT2D eigenvalue weighted by Gasteiger charge is -2.10. The van der Waals surface area contributed by atoms with Crippen LogP contribution in [-0.4, -0.2) is 24.1 Å². The lowest BCUT2D eigenvalue weighted by molar-refractivity contribution is 0.571. The van der Waals surface area contributed by atoms with Crippen LogP contribution in [-0.2, 0) is 30.5 Å². The van der Waals surface area contributed by atoms with Crippen LogP contribution in [0, 0.1) is 6.92 Å². The van der Waals surface area contributed by atoms with Gasteiger partial charge in [0.2, 0.25) is 10.0 Å². The van der Waals surface area contributed by atoms with E-state index in [1.165, 1.54) is 14.1 Å². The van der Waals surface area contributed by atoms with E-state index in [-0.39, 0.29) is 6.54 Å². The van der Waals surface area contributed by atoms with Crippen LogP contribution >= 0.6 is 0 Å². The number of aromatic nitrogens is 2. The van der Waals surface area contributed by atoms with Gasteiger partial charge < -0.3 is 4.57 Å². The molecule has 1 aromatic carbocycles. The Labute approximate surface area is 134 Å². The SMILES string of the molecule is Cc1ccccc1CCNS(=O)(=O)c1cn(C)c(=O)n(C)c1=O. The molecule has 1 heterocycles. The van der Waals surface area contributed by atoms with Crippen molar-refractivity contribution in [3.63, 3.8) is 0 Å². The van der Waals surface area contributed by atoms with Crippen molar-refractivity contribution in [1.82, 2.24) is 13.9 Å². The van der Waals surface area contributed by atoms with E-state index in [0.29, 0.717) is 6.42 Å². The number of hydrogen-bond donors (Lipinski definition) is 1. The smallest absolute Gasteiger partial charge is 0.302 e. The number of benzene rings is 1. The predicted molar refractivity (Wildman–Crippen MR) is 87.0 cm³/mol. The van der Waals surface area contributed by atoms with Crippen LogP contribution in [0.2, 0.25) is 0 Å². The molecule has 0 saturated heterocycles. The lowest BCUT2D eigenvalue weighted by Crippen LogP contribution is -2.41. The van der Waals surface area contributed by atoms with Gasteiger partial charge in [0.15, 0.2) is 4.90 Å². The molecule has 0 fully saturated rings. The first-order chi connectivity index (χ1) is 10.7. The van der Waals surface area contributed by atoms with Crippen LogP contribution in [0.25, 0.3) is 0 Å². The second kappa shape index (κ2) is 6.51. The maximum Gasteiger partial charge on any atom is 0.330 e. The molecule has 23 heavy (non-hydrogen) atoms. The summed E-state index contributed by atoms with van der Waals surface area (Å²) in [6.07, 6.45) is 1.55. The van der Waals surface area contributed by atoms with Crippen LogP contribution in [0.3, 0.4) is 0 Å². The van der Waals surface area contributed by atoms with Crippen molar-refractivity contribution < 1.29 is 8.42 Å². The van der Waals surface area contributed by atoms with Crippen molar-refractivity contribution in [2.75, 3.05) is 6.54 Å². The minimum absolute atomic E-state index is 0.166. The Bertz CT molecular complexity index is 942. The van der Waals surface area contributed by atoms with E-state index < -0.39 is 26.2 Å². The maximum atomic E-state index is 12.3. The van der Waals surface area contributed by atoms with Crippen LogP contribution in [0.15, 0.2) is 44.9 Å². The first-order valence-electron chi connectivity index (χ1n) is 7.05. The van der Waals surface area contributed by atoms with Gasteiger partial charge in [-0.15, -0.1) is 0 Å². The van der Waals surface area contributed by atoms with Gasteiger partial charge in [0.05, 0.1) is 0 Å². The Hall–Kier alpha value is -2.19. The average Bonchev–Trinajstić information content (AvgIpc) is 2.50.